The molecule has 0 unspecified atom stereocenters. The molecule has 8 nitrogen and oxygen atoms in total. The van der Waals surface area contributed by atoms with Crippen molar-refractivity contribution < 1.29 is 9.53 Å². The van der Waals surface area contributed by atoms with E-state index in [2.05, 4.69) is 15.0 Å². The smallest absolute Gasteiger partial charge is 0.225 e. The third kappa shape index (κ3) is 4.12. The van der Waals surface area contributed by atoms with Crippen LogP contribution in [0.5, 0.6) is 0 Å². The second-order valence-electron chi connectivity index (χ2n) is 6.77. The summed E-state index contributed by atoms with van der Waals surface area (Å²) in [4.78, 5) is 21.1. The van der Waals surface area contributed by atoms with Crippen LogP contribution in [0.15, 0.2) is 12.7 Å². The third-order valence-corrected chi connectivity index (χ3v) is 5.29. The molecule has 0 radical (unpaired) electrons. The molecule has 2 N–H and O–H groups in total. The quantitative estimate of drug-likeness (QED) is 0.784. The minimum Gasteiger partial charge on any atom is -0.380 e. The van der Waals surface area contributed by atoms with Gasteiger partial charge < -0.3 is 15.4 Å². The highest BCUT2D eigenvalue weighted by atomic mass is 16.5. The average molecular weight is 336 g/mol. The molecule has 2 aliphatic rings. The normalized spacial score (nSPS) is 28.9. The molecule has 1 aliphatic carbocycles. The van der Waals surface area contributed by atoms with Crippen LogP contribution in [-0.4, -0.2) is 82.5 Å². The van der Waals surface area contributed by atoms with Crippen LogP contribution in [0.1, 0.15) is 19.3 Å². The van der Waals surface area contributed by atoms with Crippen molar-refractivity contribution in [2.24, 2.45) is 11.7 Å². The van der Waals surface area contributed by atoms with Crippen molar-refractivity contribution in [2.75, 3.05) is 39.8 Å². The Morgan fingerprint density at radius 2 is 2.04 bits per heavy atom. The van der Waals surface area contributed by atoms with E-state index in [1.807, 2.05) is 9.58 Å². The summed E-state index contributed by atoms with van der Waals surface area (Å²) in [5, 5.41) is 4.12. The van der Waals surface area contributed by atoms with E-state index >= 15 is 0 Å². The number of methoxy groups -OCH3 is 1. The SMILES string of the molecule is CO[C@@H]1C[C@@H](C(=O)N2CCN(CCn3cncn3)CC2)CC[C@H]1N. The maximum absolute atomic E-state index is 12.8. The monoisotopic (exact) mass is 336 g/mol. The van der Waals surface area contributed by atoms with Crippen LogP contribution in [0.2, 0.25) is 0 Å². The summed E-state index contributed by atoms with van der Waals surface area (Å²) in [5.41, 5.74) is 6.05. The number of rotatable bonds is 5. The van der Waals surface area contributed by atoms with Gasteiger partial charge in [-0.3, -0.25) is 14.4 Å². The first-order valence-corrected chi connectivity index (χ1v) is 8.79. The van der Waals surface area contributed by atoms with E-state index in [0.717, 1.165) is 58.5 Å². The third-order valence-electron chi connectivity index (χ3n) is 5.29. The van der Waals surface area contributed by atoms with Gasteiger partial charge in [0.05, 0.1) is 12.6 Å². The molecule has 3 rings (SSSR count). The summed E-state index contributed by atoms with van der Waals surface area (Å²) in [6.07, 6.45) is 5.80. The van der Waals surface area contributed by atoms with E-state index < -0.39 is 0 Å². The van der Waals surface area contributed by atoms with E-state index in [1.165, 1.54) is 0 Å². The van der Waals surface area contributed by atoms with Gasteiger partial charge in [0, 0.05) is 51.8 Å². The fraction of sp³-hybridized carbons (Fsp3) is 0.812. The van der Waals surface area contributed by atoms with Gasteiger partial charge in [-0.1, -0.05) is 0 Å². The van der Waals surface area contributed by atoms with Gasteiger partial charge in [-0.15, -0.1) is 0 Å². The number of aromatic nitrogens is 3. The number of hydrogen-bond donors (Lipinski definition) is 1. The van der Waals surface area contributed by atoms with E-state index in [-0.39, 0.29) is 24.0 Å². The van der Waals surface area contributed by atoms with E-state index in [4.69, 9.17) is 10.5 Å². The van der Waals surface area contributed by atoms with E-state index in [9.17, 15) is 4.79 Å². The summed E-state index contributed by atoms with van der Waals surface area (Å²) in [7, 11) is 1.69. The van der Waals surface area contributed by atoms with Crippen molar-refractivity contribution in [3.63, 3.8) is 0 Å². The highest BCUT2D eigenvalue weighted by Gasteiger charge is 2.35. The molecule has 1 aliphatic heterocycles. The zero-order valence-electron chi connectivity index (χ0n) is 14.4. The molecule has 0 spiro atoms. The number of carbonyl (C=O) groups excluding carboxylic acids is 1. The summed E-state index contributed by atoms with van der Waals surface area (Å²) in [6.45, 7) is 5.22. The Balaban J connectivity index is 1.43. The molecule has 1 amide bonds. The van der Waals surface area contributed by atoms with Gasteiger partial charge in [-0.05, 0) is 19.3 Å². The number of ether oxygens (including phenoxy) is 1. The summed E-state index contributed by atoms with van der Waals surface area (Å²) in [6, 6.07) is 0.0627. The van der Waals surface area contributed by atoms with Crippen LogP contribution in [0.4, 0.5) is 0 Å². The Hall–Kier alpha value is -1.51. The lowest BCUT2D eigenvalue weighted by atomic mass is 9.83. The first-order valence-electron chi connectivity index (χ1n) is 8.79. The van der Waals surface area contributed by atoms with Gasteiger partial charge in [0.1, 0.15) is 12.7 Å². The maximum atomic E-state index is 12.8. The zero-order valence-corrected chi connectivity index (χ0v) is 14.4. The lowest BCUT2D eigenvalue weighted by Gasteiger charge is -2.39. The van der Waals surface area contributed by atoms with Crippen LogP contribution in [0.25, 0.3) is 0 Å². The minimum atomic E-state index is 0.0108. The molecule has 2 heterocycles. The first-order chi connectivity index (χ1) is 11.7. The molecule has 1 aromatic heterocycles. The van der Waals surface area contributed by atoms with E-state index in [0.29, 0.717) is 0 Å². The Bertz CT molecular complexity index is 515. The lowest BCUT2D eigenvalue weighted by Crippen LogP contribution is -2.52. The van der Waals surface area contributed by atoms with Gasteiger partial charge in [-0.2, -0.15) is 5.10 Å². The lowest BCUT2D eigenvalue weighted by molar-refractivity contribution is -0.140. The number of nitrogens with zero attached hydrogens (tertiary/aromatic N) is 5. The molecular formula is C16H28N6O2. The number of nitrogens with two attached hydrogens (primary N) is 1. The molecule has 1 saturated heterocycles. The zero-order chi connectivity index (χ0) is 16.9. The van der Waals surface area contributed by atoms with Crippen molar-refractivity contribution in [1.82, 2.24) is 24.6 Å². The standard InChI is InChI=1S/C16H28N6O2/c1-24-15-10-13(2-3-14(15)17)16(23)21-7-4-20(5-8-21)6-9-22-12-18-11-19-22/h11-15H,2-10,17H2,1H3/t13-,14+,15+/m0/s1. The summed E-state index contributed by atoms with van der Waals surface area (Å²) in [5.74, 6) is 0.344. The Labute approximate surface area is 142 Å². The minimum absolute atomic E-state index is 0.0108. The molecule has 0 bridgehead atoms. The number of hydrogen-bond acceptors (Lipinski definition) is 6. The highest BCUT2D eigenvalue weighted by molar-refractivity contribution is 5.79. The summed E-state index contributed by atoms with van der Waals surface area (Å²) >= 11 is 0. The number of amides is 1. The Kier molecular flexibility index (Phi) is 5.80. The number of piperazine rings is 1. The molecular weight excluding hydrogens is 308 g/mol. The topological polar surface area (TPSA) is 89.5 Å². The van der Waals surface area contributed by atoms with Crippen molar-refractivity contribution in [3.05, 3.63) is 12.7 Å². The highest BCUT2D eigenvalue weighted by Crippen LogP contribution is 2.27. The predicted molar refractivity (Wildman–Crippen MR) is 89.2 cm³/mol. The van der Waals surface area contributed by atoms with Gasteiger partial charge in [0.25, 0.3) is 0 Å². The molecule has 2 fully saturated rings. The molecule has 0 aromatic carbocycles. The van der Waals surface area contributed by atoms with Crippen LogP contribution >= 0.6 is 0 Å². The van der Waals surface area contributed by atoms with Crippen LogP contribution in [0, 0.1) is 5.92 Å². The van der Waals surface area contributed by atoms with Crippen molar-refractivity contribution in [2.45, 2.75) is 38.0 Å². The predicted octanol–water partition coefficient (Wildman–Crippen LogP) is -0.435. The fourth-order valence-corrected chi connectivity index (χ4v) is 3.69. The van der Waals surface area contributed by atoms with Crippen LogP contribution in [-0.2, 0) is 16.1 Å². The van der Waals surface area contributed by atoms with Crippen molar-refractivity contribution in [1.29, 1.82) is 0 Å². The van der Waals surface area contributed by atoms with E-state index in [1.54, 1.807) is 19.8 Å². The maximum Gasteiger partial charge on any atom is 0.225 e. The molecule has 3 atom stereocenters. The fourth-order valence-electron chi connectivity index (χ4n) is 3.69. The largest absolute Gasteiger partial charge is 0.380 e. The van der Waals surface area contributed by atoms with Crippen molar-refractivity contribution >= 4 is 5.91 Å². The Morgan fingerprint density at radius 1 is 1.25 bits per heavy atom. The van der Waals surface area contributed by atoms with Gasteiger partial charge in [0.15, 0.2) is 0 Å². The first kappa shape index (κ1) is 17.3. The van der Waals surface area contributed by atoms with Crippen molar-refractivity contribution in [3.8, 4) is 0 Å². The molecule has 134 valence electrons. The van der Waals surface area contributed by atoms with Gasteiger partial charge >= 0.3 is 0 Å². The van der Waals surface area contributed by atoms with Crippen LogP contribution < -0.4 is 5.73 Å². The van der Waals surface area contributed by atoms with Crippen LogP contribution in [0.3, 0.4) is 0 Å². The molecule has 1 saturated carbocycles. The average Bonchev–Trinajstić information content (AvgIpc) is 3.14. The second-order valence-corrected chi connectivity index (χ2v) is 6.77. The summed E-state index contributed by atoms with van der Waals surface area (Å²) < 4.78 is 7.28. The molecule has 8 heteroatoms. The molecule has 24 heavy (non-hydrogen) atoms. The number of carbonyl (C=O) groups is 1. The van der Waals surface area contributed by atoms with Gasteiger partial charge in [0.2, 0.25) is 5.91 Å². The van der Waals surface area contributed by atoms with Gasteiger partial charge in [-0.25, -0.2) is 4.98 Å². The molecule has 1 aromatic rings. The Morgan fingerprint density at radius 3 is 2.71 bits per heavy atom. The second kappa shape index (κ2) is 8.04.